The molecule has 0 atom stereocenters. The molecule has 118 valence electrons. The van der Waals surface area contributed by atoms with Crippen molar-refractivity contribution in [3.05, 3.63) is 52.7 Å². The highest BCUT2D eigenvalue weighted by atomic mass is 14.9. The molecular weight excluding hydrogens is 266 g/mol. The Morgan fingerprint density at radius 2 is 1.64 bits per heavy atom. The molecule has 0 spiro atoms. The van der Waals surface area contributed by atoms with Crippen LogP contribution in [0.4, 0.5) is 0 Å². The van der Waals surface area contributed by atoms with E-state index >= 15 is 0 Å². The van der Waals surface area contributed by atoms with E-state index in [0.717, 1.165) is 6.42 Å². The highest BCUT2D eigenvalue weighted by Crippen LogP contribution is 2.26. The molecule has 1 heteroatoms. The summed E-state index contributed by atoms with van der Waals surface area (Å²) in [6.07, 6.45) is 3.44. The first-order chi connectivity index (χ1) is 10.3. The van der Waals surface area contributed by atoms with Crippen molar-refractivity contribution < 1.29 is 4.57 Å². The maximum Gasteiger partial charge on any atom is 0.212 e. The first-order valence-electron chi connectivity index (χ1n) is 8.39. The maximum atomic E-state index is 2.35. The summed E-state index contributed by atoms with van der Waals surface area (Å²) in [6.45, 7) is 13.5. The summed E-state index contributed by atoms with van der Waals surface area (Å²) in [6, 6.07) is 9.26. The summed E-state index contributed by atoms with van der Waals surface area (Å²) in [5.74, 6) is 1.27. The summed E-state index contributed by atoms with van der Waals surface area (Å²) < 4.78 is 2.27. The lowest BCUT2D eigenvalue weighted by Crippen LogP contribution is -2.32. The number of nitrogens with zero attached hydrogens (tertiary/aromatic N) is 1. The average Bonchev–Trinajstić information content (AvgIpc) is 2.40. The van der Waals surface area contributed by atoms with Crippen LogP contribution in [0.25, 0.3) is 11.3 Å². The van der Waals surface area contributed by atoms with Crippen LogP contribution in [0, 0.1) is 19.8 Å². The fourth-order valence-electron chi connectivity index (χ4n) is 3.25. The monoisotopic (exact) mass is 296 g/mol. The molecule has 0 bridgehead atoms. The topological polar surface area (TPSA) is 3.88 Å². The molecule has 1 aromatic carbocycles. The Kier molecular flexibility index (Phi) is 5.05. The van der Waals surface area contributed by atoms with Gasteiger partial charge < -0.3 is 0 Å². The fraction of sp³-hybridized carbons (Fsp3) is 0.476. The number of hydrogen-bond acceptors (Lipinski definition) is 0. The van der Waals surface area contributed by atoms with Crippen LogP contribution < -0.4 is 4.57 Å². The first kappa shape index (κ1) is 16.7. The molecule has 1 heterocycles. The zero-order chi connectivity index (χ0) is 16.4. The molecule has 2 rings (SSSR count). The van der Waals surface area contributed by atoms with Crippen molar-refractivity contribution in [2.45, 2.75) is 53.9 Å². The van der Waals surface area contributed by atoms with Gasteiger partial charge in [0.15, 0.2) is 6.20 Å². The molecule has 2 aromatic rings. The van der Waals surface area contributed by atoms with Gasteiger partial charge in [0.2, 0.25) is 5.69 Å². The standard InChI is InChI=1S/C21H30N/c1-14(2)10-18-8-9-19(16(5)11-18)21-12-17(6)20(15(3)4)13-22(21)7/h8-9,11-15H,10H2,1-7H3/q+1. The van der Waals surface area contributed by atoms with Gasteiger partial charge in [-0.25, -0.2) is 4.57 Å². The van der Waals surface area contributed by atoms with Crippen molar-refractivity contribution in [3.8, 4) is 11.3 Å². The molecule has 0 amide bonds. The number of aromatic nitrogens is 1. The summed E-state index contributed by atoms with van der Waals surface area (Å²) in [7, 11) is 2.15. The predicted molar refractivity (Wildman–Crippen MR) is 95.2 cm³/mol. The largest absolute Gasteiger partial charge is 0.212 e. The second kappa shape index (κ2) is 6.64. The molecule has 0 unspecified atom stereocenters. The van der Waals surface area contributed by atoms with Gasteiger partial charge in [-0.2, -0.15) is 0 Å². The van der Waals surface area contributed by atoms with Crippen LogP contribution in [0.15, 0.2) is 30.5 Å². The molecular formula is C21H30N+. The number of rotatable bonds is 4. The quantitative estimate of drug-likeness (QED) is 0.690. The molecule has 0 saturated heterocycles. The number of aryl methyl sites for hydroxylation is 3. The number of pyridine rings is 1. The SMILES string of the molecule is Cc1cc(CC(C)C)ccc1-c1cc(C)c(C(C)C)c[n+]1C. The van der Waals surface area contributed by atoms with E-state index in [1.165, 1.54) is 33.5 Å². The Bertz CT molecular complexity index is 666. The van der Waals surface area contributed by atoms with Gasteiger partial charge in [-0.3, -0.25) is 0 Å². The Hall–Kier alpha value is -1.63. The zero-order valence-corrected chi connectivity index (χ0v) is 15.2. The van der Waals surface area contributed by atoms with E-state index in [4.69, 9.17) is 0 Å². The van der Waals surface area contributed by atoms with E-state index in [-0.39, 0.29) is 0 Å². The Labute approximate surface area is 136 Å². The molecule has 22 heavy (non-hydrogen) atoms. The van der Waals surface area contributed by atoms with E-state index in [9.17, 15) is 0 Å². The molecule has 0 radical (unpaired) electrons. The van der Waals surface area contributed by atoms with Gasteiger partial charge in [0.1, 0.15) is 7.05 Å². The van der Waals surface area contributed by atoms with Gasteiger partial charge in [-0.05, 0) is 54.9 Å². The second-order valence-corrected chi connectivity index (χ2v) is 7.31. The molecule has 1 nitrogen and oxygen atoms in total. The smallest absolute Gasteiger partial charge is 0.201 e. The molecule has 0 saturated carbocycles. The molecule has 0 N–H and O–H groups in total. The van der Waals surface area contributed by atoms with Crippen LogP contribution in [0.3, 0.4) is 0 Å². The summed E-state index contributed by atoms with van der Waals surface area (Å²) in [4.78, 5) is 0. The van der Waals surface area contributed by atoms with Crippen molar-refractivity contribution in [1.82, 2.24) is 0 Å². The van der Waals surface area contributed by atoms with E-state index in [1.807, 2.05) is 0 Å². The zero-order valence-electron chi connectivity index (χ0n) is 15.2. The van der Waals surface area contributed by atoms with Crippen LogP contribution in [0.2, 0.25) is 0 Å². The van der Waals surface area contributed by atoms with E-state index in [2.05, 4.69) is 83.6 Å². The van der Waals surface area contributed by atoms with Crippen molar-refractivity contribution >= 4 is 0 Å². The van der Waals surface area contributed by atoms with Crippen molar-refractivity contribution in [1.29, 1.82) is 0 Å². The van der Waals surface area contributed by atoms with E-state index in [1.54, 1.807) is 0 Å². The third-order valence-corrected chi connectivity index (χ3v) is 4.35. The van der Waals surface area contributed by atoms with Crippen molar-refractivity contribution in [3.63, 3.8) is 0 Å². The second-order valence-electron chi connectivity index (χ2n) is 7.31. The van der Waals surface area contributed by atoms with Gasteiger partial charge >= 0.3 is 0 Å². The highest BCUT2D eigenvalue weighted by molar-refractivity contribution is 5.62. The number of benzene rings is 1. The Balaban J connectivity index is 2.46. The van der Waals surface area contributed by atoms with Crippen LogP contribution >= 0.6 is 0 Å². The minimum Gasteiger partial charge on any atom is -0.201 e. The lowest BCUT2D eigenvalue weighted by Gasteiger charge is -2.12. The summed E-state index contributed by atoms with van der Waals surface area (Å²) in [5, 5.41) is 0. The average molecular weight is 296 g/mol. The van der Waals surface area contributed by atoms with Crippen LogP contribution in [-0.2, 0) is 13.5 Å². The fourth-order valence-corrected chi connectivity index (χ4v) is 3.25. The summed E-state index contributed by atoms with van der Waals surface area (Å²) in [5.41, 5.74) is 8.26. The third kappa shape index (κ3) is 3.58. The lowest BCUT2D eigenvalue weighted by molar-refractivity contribution is -0.660. The first-order valence-corrected chi connectivity index (χ1v) is 8.39. The molecule has 0 aliphatic heterocycles. The van der Waals surface area contributed by atoms with Crippen molar-refractivity contribution in [2.24, 2.45) is 13.0 Å². The Morgan fingerprint density at radius 1 is 0.955 bits per heavy atom. The minimum atomic E-state index is 0.565. The van der Waals surface area contributed by atoms with Gasteiger partial charge in [0, 0.05) is 17.2 Å². The van der Waals surface area contributed by atoms with Gasteiger partial charge in [0.25, 0.3) is 0 Å². The lowest BCUT2D eigenvalue weighted by atomic mass is 9.94. The molecule has 0 aliphatic carbocycles. The third-order valence-electron chi connectivity index (χ3n) is 4.35. The van der Waals surface area contributed by atoms with Crippen LogP contribution in [0.1, 0.15) is 55.9 Å². The maximum absolute atomic E-state index is 2.35. The molecule has 0 fully saturated rings. The molecule has 1 aromatic heterocycles. The van der Waals surface area contributed by atoms with Crippen LogP contribution in [-0.4, -0.2) is 0 Å². The van der Waals surface area contributed by atoms with E-state index < -0.39 is 0 Å². The molecule has 0 aliphatic rings. The minimum absolute atomic E-state index is 0.565. The van der Waals surface area contributed by atoms with Gasteiger partial charge in [0.05, 0.1) is 0 Å². The van der Waals surface area contributed by atoms with Gasteiger partial charge in [-0.1, -0.05) is 39.8 Å². The predicted octanol–water partition coefficient (Wildman–Crippen LogP) is 5.12. The summed E-state index contributed by atoms with van der Waals surface area (Å²) >= 11 is 0. The van der Waals surface area contributed by atoms with E-state index in [0.29, 0.717) is 11.8 Å². The van der Waals surface area contributed by atoms with Crippen LogP contribution in [0.5, 0.6) is 0 Å². The normalized spacial score (nSPS) is 11.5. The Morgan fingerprint density at radius 3 is 2.18 bits per heavy atom. The van der Waals surface area contributed by atoms with Gasteiger partial charge in [-0.15, -0.1) is 0 Å². The number of hydrogen-bond donors (Lipinski definition) is 0. The highest BCUT2D eigenvalue weighted by Gasteiger charge is 2.17. The van der Waals surface area contributed by atoms with Crippen molar-refractivity contribution in [2.75, 3.05) is 0 Å².